The van der Waals surface area contributed by atoms with E-state index in [0.717, 1.165) is 16.7 Å². The van der Waals surface area contributed by atoms with Crippen LogP contribution >= 0.6 is 23.4 Å². The predicted molar refractivity (Wildman–Crippen MR) is 131 cm³/mol. The fourth-order valence-corrected chi connectivity index (χ4v) is 3.99. The monoisotopic (exact) mass is 447 g/mol. The first-order valence-electron chi connectivity index (χ1n) is 9.88. The smallest absolute Gasteiger partial charge is 0.295 e. The molecule has 0 aliphatic carbocycles. The Kier molecular flexibility index (Phi) is 6.44. The average molecular weight is 448 g/mol. The lowest BCUT2D eigenvalue weighted by molar-refractivity contribution is 0.808. The third kappa shape index (κ3) is 4.68. The maximum absolute atomic E-state index is 13.5. The van der Waals surface area contributed by atoms with Gasteiger partial charge in [0.25, 0.3) is 5.56 Å². The second-order valence-electron chi connectivity index (χ2n) is 7.14. The number of aryl methyl sites for hydroxylation is 1. The summed E-state index contributed by atoms with van der Waals surface area (Å²) in [6.45, 7) is 2.60. The van der Waals surface area contributed by atoms with Crippen LogP contribution in [0.5, 0.6) is 0 Å². The summed E-state index contributed by atoms with van der Waals surface area (Å²) >= 11 is 7.82. The van der Waals surface area contributed by atoms with E-state index in [0.29, 0.717) is 22.9 Å². The van der Waals surface area contributed by atoms with Gasteiger partial charge in [0, 0.05) is 22.0 Å². The van der Waals surface area contributed by atoms with Gasteiger partial charge in [-0.15, -0.1) is 11.8 Å². The van der Waals surface area contributed by atoms with Gasteiger partial charge in [-0.25, -0.2) is 0 Å². The van der Waals surface area contributed by atoms with Crippen LogP contribution in [0.4, 0.5) is 5.69 Å². The zero-order chi connectivity index (χ0) is 21.8. The van der Waals surface area contributed by atoms with Crippen molar-refractivity contribution in [1.82, 2.24) is 9.78 Å². The Labute approximate surface area is 190 Å². The molecule has 1 N–H and O–H groups in total. The number of aromatic nitrogens is 2. The Bertz CT molecular complexity index is 1270. The van der Waals surface area contributed by atoms with Crippen LogP contribution in [0, 0.1) is 6.92 Å². The molecule has 0 atom stereocenters. The van der Waals surface area contributed by atoms with Crippen molar-refractivity contribution in [2.24, 2.45) is 0 Å². The summed E-state index contributed by atoms with van der Waals surface area (Å²) in [6.07, 6.45) is 3.77. The van der Waals surface area contributed by atoms with E-state index >= 15 is 0 Å². The number of hydrogen-bond acceptors (Lipinski definition) is 4. The van der Waals surface area contributed by atoms with Gasteiger partial charge in [-0.3, -0.25) is 4.79 Å². The second-order valence-corrected chi connectivity index (χ2v) is 8.45. The summed E-state index contributed by atoms with van der Waals surface area (Å²) in [6, 6.07) is 23.4. The highest BCUT2D eigenvalue weighted by Gasteiger charge is 2.15. The lowest BCUT2D eigenvalue weighted by atomic mass is 10.1. The summed E-state index contributed by atoms with van der Waals surface area (Å²) in [7, 11) is 0. The van der Waals surface area contributed by atoms with E-state index < -0.39 is 0 Å². The van der Waals surface area contributed by atoms with Crippen molar-refractivity contribution >= 4 is 29.1 Å². The van der Waals surface area contributed by atoms with E-state index in [1.807, 2.05) is 48.7 Å². The van der Waals surface area contributed by atoms with Crippen LogP contribution in [0.25, 0.3) is 16.8 Å². The molecule has 6 heteroatoms. The Morgan fingerprint density at radius 2 is 1.81 bits per heavy atom. The fourth-order valence-electron chi connectivity index (χ4n) is 3.40. The number of hydrogen-bond donors (Lipinski definition) is 1. The van der Waals surface area contributed by atoms with Crippen molar-refractivity contribution in [3.8, 4) is 16.8 Å². The lowest BCUT2D eigenvalue weighted by Gasteiger charge is -2.15. The minimum Gasteiger partial charge on any atom is -0.376 e. The average Bonchev–Trinajstić information content (AvgIpc) is 2.79. The number of nitrogens with zero attached hydrogens (tertiary/aromatic N) is 2. The topological polar surface area (TPSA) is 46.9 Å². The summed E-state index contributed by atoms with van der Waals surface area (Å²) in [4.78, 5) is 14.7. The highest BCUT2D eigenvalue weighted by atomic mass is 35.5. The number of benzene rings is 3. The number of rotatable bonds is 6. The van der Waals surface area contributed by atoms with Gasteiger partial charge in [0.2, 0.25) is 0 Å². The molecule has 4 aromatic rings. The van der Waals surface area contributed by atoms with Crippen molar-refractivity contribution in [3.05, 3.63) is 105 Å². The predicted octanol–water partition coefficient (Wildman–Crippen LogP) is 6.20. The quantitative estimate of drug-likeness (QED) is 0.358. The molecule has 3 aromatic carbocycles. The molecule has 4 rings (SSSR count). The summed E-state index contributed by atoms with van der Waals surface area (Å²) in [5.74, 6) is 0. The van der Waals surface area contributed by atoms with Gasteiger partial charge < -0.3 is 5.32 Å². The fraction of sp³-hybridized carbons (Fsp3) is 0.120. The van der Waals surface area contributed by atoms with Crippen molar-refractivity contribution in [2.45, 2.75) is 18.4 Å². The van der Waals surface area contributed by atoms with Crippen molar-refractivity contribution in [3.63, 3.8) is 0 Å². The normalized spacial score (nSPS) is 10.8. The number of halogens is 1. The molecule has 0 fully saturated rings. The Hall–Kier alpha value is -3.02. The lowest BCUT2D eigenvalue weighted by Crippen LogP contribution is -2.25. The molecule has 0 aliphatic heterocycles. The first-order valence-corrected chi connectivity index (χ1v) is 11.5. The van der Waals surface area contributed by atoms with E-state index in [4.69, 9.17) is 11.6 Å². The molecule has 0 unspecified atom stereocenters. The van der Waals surface area contributed by atoms with Crippen LogP contribution in [0.15, 0.2) is 88.7 Å². The molecule has 156 valence electrons. The summed E-state index contributed by atoms with van der Waals surface area (Å²) in [5.41, 5.74) is 4.93. The maximum Gasteiger partial charge on any atom is 0.295 e. The van der Waals surface area contributed by atoms with Gasteiger partial charge >= 0.3 is 0 Å². The molecule has 0 bridgehead atoms. The van der Waals surface area contributed by atoms with E-state index in [9.17, 15) is 4.79 Å². The minimum atomic E-state index is -0.220. The van der Waals surface area contributed by atoms with Crippen LogP contribution in [-0.4, -0.2) is 16.0 Å². The van der Waals surface area contributed by atoms with Crippen LogP contribution in [-0.2, 0) is 6.54 Å². The molecule has 0 spiro atoms. The highest BCUT2D eigenvalue weighted by molar-refractivity contribution is 7.98. The second kappa shape index (κ2) is 9.41. The molecular formula is C25H22ClN3OS. The van der Waals surface area contributed by atoms with Gasteiger partial charge in [-0.05, 0) is 60.2 Å². The van der Waals surface area contributed by atoms with Gasteiger partial charge in [-0.1, -0.05) is 54.1 Å². The SMILES string of the molecule is CSc1ccc(-c2cnn(-c3cccc(Cl)c3)c(=O)c2NCc2ccccc2C)cc1. The molecule has 1 heterocycles. The zero-order valence-corrected chi connectivity index (χ0v) is 18.9. The maximum atomic E-state index is 13.5. The van der Waals surface area contributed by atoms with Crippen LogP contribution in [0.1, 0.15) is 11.1 Å². The molecule has 4 nitrogen and oxygen atoms in total. The zero-order valence-electron chi connectivity index (χ0n) is 17.3. The molecular weight excluding hydrogens is 426 g/mol. The third-order valence-electron chi connectivity index (χ3n) is 5.15. The molecule has 0 saturated heterocycles. The Morgan fingerprint density at radius 1 is 1.03 bits per heavy atom. The van der Waals surface area contributed by atoms with E-state index in [-0.39, 0.29) is 5.56 Å². The standard InChI is InChI=1S/C25H22ClN3OS/c1-17-6-3-4-7-19(17)15-27-24-23(18-10-12-22(31-2)13-11-18)16-28-29(25(24)30)21-9-5-8-20(26)14-21/h3-14,16,27H,15H2,1-2H3. The van der Waals surface area contributed by atoms with E-state index in [1.165, 1.54) is 15.1 Å². The molecule has 0 radical (unpaired) electrons. The van der Waals surface area contributed by atoms with E-state index in [2.05, 4.69) is 29.5 Å². The molecule has 1 aromatic heterocycles. The van der Waals surface area contributed by atoms with Gasteiger partial charge in [0.1, 0.15) is 5.69 Å². The van der Waals surface area contributed by atoms with Crippen LogP contribution < -0.4 is 10.9 Å². The van der Waals surface area contributed by atoms with E-state index in [1.54, 1.807) is 36.2 Å². The minimum absolute atomic E-state index is 0.220. The largest absolute Gasteiger partial charge is 0.376 e. The molecule has 0 aliphatic rings. The van der Waals surface area contributed by atoms with Crippen molar-refractivity contribution < 1.29 is 0 Å². The third-order valence-corrected chi connectivity index (χ3v) is 6.13. The number of nitrogens with one attached hydrogen (secondary N) is 1. The van der Waals surface area contributed by atoms with Gasteiger partial charge in [0.15, 0.2) is 0 Å². The first kappa shape index (κ1) is 21.2. The summed E-state index contributed by atoms with van der Waals surface area (Å²) in [5, 5.41) is 8.37. The number of thioether (sulfide) groups is 1. The highest BCUT2D eigenvalue weighted by Crippen LogP contribution is 2.28. The molecule has 31 heavy (non-hydrogen) atoms. The van der Waals surface area contributed by atoms with Crippen molar-refractivity contribution in [1.29, 1.82) is 0 Å². The Balaban J connectivity index is 1.81. The molecule has 0 saturated carbocycles. The van der Waals surface area contributed by atoms with Crippen LogP contribution in [0.3, 0.4) is 0 Å². The number of anilines is 1. The van der Waals surface area contributed by atoms with Crippen molar-refractivity contribution in [2.75, 3.05) is 11.6 Å². The van der Waals surface area contributed by atoms with Gasteiger partial charge in [0.05, 0.1) is 11.9 Å². The summed E-state index contributed by atoms with van der Waals surface area (Å²) < 4.78 is 1.38. The van der Waals surface area contributed by atoms with Crippen LogP contribution in [0.2, 0.25) is 5.02 Å². The van der Waals surface area contributed by atoms with Gasteiger partial charge in [-0.2, -0.15) is 9.78 Å². The Morgan fingerprint density at radius 3 is 2.52 bits per heavy atom. The molecule has 0 amide bonds. The first-order chi connectivity index (χ1) is 15.1.